The smallest absolute Gasteiger partial charge is 0.308 e. The number of hydrogen-bond acceptors (Lipinski definition) is 6. The number of carbonyl (C=O) groups is 2. The van der Waals surface area contributed by atoms with Crippen LogP contribution in [-0.4, -0.2) is 70.2 Å². The van der Waals surface area contributed by atoms with E-state index in [0.29, 0.717) is 30.9 Å². The van der Waals surface area contributed by atoms with E-state index in [2.05, 4.69) is 30.9 Å². The summed E-state index contributed by atoms with van der Waals surface area (Å²) in [7, 11) is 0. The van der Waals surface area contributed by atoms with Gasteiger partial charge in [0.2, 0.25) is 5.91 Å². The van der Waals surface area contributed by atoms with Gasteiger partial charge in [-0.25, -0.2) is 0 Å². The fourth-order valence-corrected chi connectivity index (χ4v) is 8.82. The summed E-state index contributed by atoms with van der Waals surface area (Å²) in [6.07, 6.45) is 8.46. The van der Waals surface area contributed by atoms with E-state index in [9.17, 15) is 14.7 Å². The first kappa shape index (κ1) is 28.6. The minimum absolute atomic E-state index is 0.00221. The SMILES string of the molecule is CC(=O)Oc1ccc2c3c1OC1C(N(CC(C)C)C(=O)/C=C/c4cccc(C)c4)CC[C@@]4(O)[C@@H](C2)N(CC2CC2)CC[C@]314. The first-order valence-electron chi connectivity index (χ1n) is 16.1. The predicted octanol–water partition coefficient (Wildman–Crippen LogP) is 5.05. The van der Waals surface area contributed by atoms with E-state index < -0.39 is 23.1 Å². The lowest BCUT2D eigenvalue weighted by Gasteiger charge is -2.65. The van der Waals surface area contributed by atoms with Crippen LogP contribution in [0.15, 0.2) is 42.5 Å². The molecule has 1 saturated heterocycles. The molecule has 228 valence electrons. The highest BCUT2D eigenvalue weighted by Gasteiger charge is 2.73. The van der Waals surface area contributed by atoms with Gasteiger partial charge in [0.05, 0.1) is 17.1 Å². The summed E-state index contributed by atoms with van der Waals surface area (Å²) in [5.41, 5.74) is 2.67. The molecule has 3 fully saturated rings. The van der Waals surface area contributed by atoms with Crippen molar-refractivity contribution in [3.63, 3.8) is 0 Å². The van der Waals surface area contributed by atoms with E-state index in [-0.39, 0.29) is 23.9 Å². The second-order valence-electron chi connectivity index (χ2n) is 14.1. The van der Waals surface area contributed by atoms with Crippen molar-refractivity contribution in [1.29, 1.82) is 0 Å². The Balaban J connectivity index is 1.30. The minimum atomic E-state index is -0.988. The third-order valence-corrected chi connectivity index (χ3v) is 10.7. The summed E-state index contributed by atoms with van der Waals surface area (Å²) >= 11 is 0. The van der Waals surface area contributed by atoms with E-state index in [1.807, 2.05) is 42.2 Å². The Kier molecular flexibility index (Phi) is 6.97. The molecule has 2 aliphatic heterocycles. The summed E-state index contributed by atoms with van der Waals surface area (Å²) in [6.45, 7) is 10.2. The van der Waals surface area contributed by atoms with Crippen molar-refractivity contribution in [2.75, 3.05) is 19.6 Å². The Bertz CT molecular complexity index is 1480. The number of ether oxygens (including phenoxy) is 2. The third kappa shape index (κ3) is 4.62. The molecular formula is C36H44N2O5. The normalized spacial score (nSPS) is 30.7. The van der Waals surface area contributed by atoms with E-state index in [1.54, 1.807) is 6.08 Å². The summed E-state index contributed by atoms with van der Waals surface area (Å²) in [4.78, 5) is 30.7. The molecule has 0 aromatic heterocycles. The predicted molar refractivity (Wildman–Crippen MR) is 165 cm³/mol. The number of likely N-dealkylation sites (tertiary alicyclic amines) is 1. The fraction of sp³-hybridized carbons (Fsp3) is 0.556. The topological polar surface area (TPSA) is 79.3 Å². The number of rotatable bonds is 8. The van der Waals surface area contributed by atoms with Crippen molar-refractivity contribution in [1.82, 2.24) is 9.80 Å². The highest BCUT2D eigenvalue weighted by molar-refractivity contribution is 5.92. The second-order valence-corrected chi connectivity index (χ2v) is 14.1. The van der Waals surface area contributed by atoms with E-state index in [1.165, 1.54) is 25.3 Å². The van der Waals surface area contributed by atoms with Crippen LogP contribution in [0.4, 0.5) is 0 Å². The van der Waals surface area contributed by atoms with E-state index in [0.717, 1.165) is 48.5 Å². The Hall–Kier alpha value is -3.16. The molecule has 1 N–H and O–H groups in total. The van der Waals surface area contributed by atoms with Crippen LogP contribution in [0.5, 0.6) is 11.5 Å². The summed E-state index contributed by atoms with van der Waals surface area (Å²) in [5, 5.41) is 12.9. The number of benzene rings is 2. The number of esters is 1. The van der Waals surface area contributed by atoms with Crippen molar-refractivity contribution in [3.8, 4) is 11.5 Å². The van der Waals surface area contributed by atoms with Gasteiger partial charge in [-0.3, -0.25) is 14.5 Å². The molecule has 5 atom stereocenters. The largest absolute Gasteiger partial charge is 0.483 e. The Labute approximate surface area is 254 Å². The zero-order valence-corrected chi connectivity index (χ0v) is 25.8. The molecule has 2 unspecified atom stereocenters. The average Bonchev–Trinajstić information content (AvgIpc) is 3.70. The van der Waals surface area contributed by atoms with Crippen LogP contribution in [0, 0.1) is 18.8 Å². The lowest BCUT2D eigenvalue weighted by molar-refractivity contribution is -0.201. The van der Waals surface area contributed by atoms with Crippen molar-refractivity contribution in [2.24, 2.45) is 11.8 Å². The van der Waals surface area contributed by atoms with Crippen molar-refractivity contribution >= 4 is 18.0 Å². The van der Waals surface area contributed by atoms with E-state index >= 15 is 0 Å². The first-order valence-corrected chi connectivity index (χ1v) is 16.1. The van der Waals surface area contributed by atoms with Gasteiger partial charge in [-0.1, -0.05) is 49.7 Å². The number of nitrogens with zero attached hydrogens (tertiary/aromatic N) is 2. The number of amides is 1. The van der Waals surface area contributed by atoms with Crippen molar-refractivity contribution in [3.05, 3.63) is 64.7 Å². The second kappa shape index (κ2) is 10.5. The number of aryl methyl sites for hydroxylation is 1. The van der Waals surface area contributed by atoms with Crippen LogP contribution in [0.1, 0.15) is 75.1 Å². The van der Waals surface area contributed by atoms with Gasteiger partial charge in [-0.2, -0.15) is 0 Å². The van der Waals surface area contributed by atoms with Crippen LogP contribution in [0.25, 0.3) is 6.08 Å². The van der Waals surface area contributed by atoms with Gasteiger partial charge in [-0.05, 0) is 87.1 Å². The lowest BCUT2D eigenvalue weighted by atomic mass is 9.48. The molecule has 1 spiro atoms. The number of carbonyl (C=O) groups excluding carboxylic acids is 2. The van der Waals surface area contributed by atoms with Gasteiger partial charge in [-0.15, -0.1) is 0 Å². The molecule has 7 rings (SSSR count). The number of aliphatic hydroxyl groups is 1. The summed E-state index contributed by atoms with van der Waals surface area (Å²) in [5.74, 6) is 1.54. The minimum Gasteiger partial charge on any atom is -0.483 e. The molecule has 2 aromatic rings. The molecule has 43 heavy (non-hydrogen) atoms. The molecule has 7 nitrogen and oxygen atoms in total. The van der Waals surface area contributed by atoms with Crippen molar-refractivity contribution < 1.29 is 24.2 Å². The van der Waals surface area contributed by atoms with Crippen LogP contribution < -0.4 is 9.47 Å². The van der Waals surface area contributed by atoms with Crippen molar-refractivity contribution in [2.45, 2.75) is 95.4 Å². The third-order valence-electron chi connectivity index (χ3n) is 10.7. The molecule has 7 heteroatoms. The van der Waals surface area contributed by atoms with Gasteiger partial charge in [0.25, 0.3) is 0 Å². The lowest BCUT2D eigenvalue weighted by Crippen LogP contribution is -2.78. The standard InChI is InChI=1S/C36H44N2O5/c1-22(2)20-38(31(40)13-10-25-7-5-6-23(3)18-25)28-14-15-36(41)30-19-27-11-12-29(42-24(4)39)33-32(27)35(36,34(28)43-33)16-17-37(30)21-26-8-9-26/h5-7,10-13,18,22,26,28,30,34,41H,8-9,14-17,19-21H2,1-4H3/b13-10+/t28?,30-,34?,35+,36-/m1/s1. The number of hydrogen-bond donors (Lipinski definition) is 1. The van der Waals surface area contributed by atoms with Gasteiger partial charge < -0.3 is 19.5 Å². The number of piperidine rings is 1. The molecule has 2 saturated carbocycles. The maximum atomic E-state index is 14.0. The maximum absolute atomic E-state index is 14.0. The van der Waals surface area contributed by atoms with Gasteiger partial charge >= 0.3 is 5.97 Å². The molecule has 2 aromatic carbocycles. The Morgan fingerprint density at radius 1 is 1.19 bits per heavy atom. The van der Waals surface area contributed by atoms with Gasteiger partial charge in [0.15, 0.2) is 11.5 Å². The molecule has 0 radical (unpaired) electrons. The molecular weight excluding hydrogens is 540 g/mol. The molecule has 2 bridgehead atoms. The van der Waals surface area contributed by atoms with Crippen LogP contribution in [-0.2, 0) is 21.4 Å². The first-order chi connectivity index (χ1) is 20.6. The Morgan fingerprint density at radius 3 is 2.72 bits per heavy atom. The summed E-state index contributed by atoms with van der Waals surface area (Å²) in [6, 6.07) is 11.8. The molecule has 1 amide bonds. The molecule has 2 heterocycles. The fourth-order valence-electron chi connectivity index (χ4n) is 8.82. The maximum Gasteiger partial charge on any atom is 0.308 e. The van der Waals surface area contributed by atoms with Crippen LogP contribution >= 0.6 is 0 Å². The highest BCUT2D eigenvalue weighted by Crippen LogP contribution is 2.66. The highest BCUT2D eigenvalue weighted by atomic mass is 16.6. The zero-order chi connectivity index (χ0) is 30.1. The van der Waals surface area contributed by atoms with Gasteiger partial charge in [0, 0.05) is 37.7 Å². The summed E-state index contributed by atoms with van der Waals surface area (Å²) < 4.78 is 12.6. The quantitative estimate of drug-likeness (QED) is 0.266. The molecule has 3 aliphatic carbocycles. The average molecular weight is 585 g/mol. The zero-order valence-electron chi connectivity index (χ0n) is 25.8. The van der Waals surface area contributed by atoms with Gasteiger partial charge in [0.1, 0.15) is 6.10 Å². The monoisotopic (exact) mass is 584 g/mol. The van der Waals surface area contributed by atoms with Crippen LogP contribution in [0.3, 0.4) is 0 Å². The molecule has 5 aliphatic rings. The van der Waals surface area contributed by atoms with E-state index in [4.69, 9.17) is 9.47 Å². The Morgan fingerprint density at radius 2 is 2.00 bits per heavy atom. The van der Waals surface area contributed by atoms with Crippen LogP contribution in [0.2, 0.25) is 0 Å².